The van der Waals surface area contributed by atoms with Gasteiger partial charge in [0.05, 0.1) is 12.6 Å². The van der Waals surface area contributed by atoms with Gasteiger partial charge in [-0.3, -0.25) is 0 Å². The molecule has 3 aliphatic heterocycles. The quantitative estimate of drug-likeness (QED) is 0.826. The Morgan fingerprint density at radius 3 is 2.94 bits per heavy atom. The van der Waals surface area contributed by atoms with Crippen LogP contribution >= 0.6 is 0 Å². The van der Waals surface area contributed by atoms with Crippen molar-refractivity contribution in [3.05, 3.63) is 29.9 Å². The number of hydrogen-bond donors (Lipinski definition) is 1. The second kappa shape index (κ2) is 3.67. The van der Waals surface area contributed by atoms with Crippen molar-refractivity contribution in [1.29, 1.82) is 0 Å². The fourth-order valence-corrected chi connectivity index (χ4v) is 2.84. The average Bonchev–Trinajstić information content (AvgIpc) is 2.76. The first-order chi connectivity index (χ1) is 7.78. The third kappa shape index (κ3) is 1.47. The number of fused-ring (bicyclic) bond motifs is 2. The van der Waals surface area contributed by atoms with E-state index in [1.54, 1.807) is 0 Å². The first-order valence-corrected chi connectivity index (χ1v) is 5.93. The third-order valence-electron chi connectivity index (χ3n) is 3.74. The van der Waals surface area contributed by atoms with Crippen molar-refractivity contribution in [3.8, 4) is 0 Å². The lowest BCUT2D eigenvalue weighted by molar-refractivity contribution is 0.103. The Labute approximate surface area is 95.4 Å². The highest BCUT2D eigenvalue weighted by molar-refractivity contribution is 5.65. The van der Waals surface area contributed by atoms with Crippen LogP contribution in [-0.4, -0.2) is 29.2 Å². The molecule has 0 unspecified atom stereocenters. The van der Waals surface area contributed by atoms with Crippen LogP contribution in [0.15, 0.2) is 22.7 Å². The topological polar surface area (TPSA) is 36.6 Å². The van der Waals surface area contributed by atoms with Crippen molar-refractivity contribution in [2.75, 3.05) is 13.2 Å². The number of piperidine rings is 1. The molecule has 2 bridgehead atoms. The van der Waals surface area contributed by atoms with Crippen LogP contribution in [0.4, 0.5) is 0 Å². The fourth-order valence-electron chi connectivity index (χ4n) is 2.84. The summed E-state index contributed by atoms with van der Waals surface area (Å²) in [7, 11) is 0. The van der Waals surface area contributed by atoms with Crippen molar-refractivity contribution >= 4 is 5.57 Å². The molecule has 1 fully saturated rings. The van der Waals surface area contributed by atoms with Crippen LogP contribution < -0.4 is 0 Å². The lowest BCUT2D eigenvalue weighted by Gasteiger charge is -2.44. The smallest absolute Gasteiger partial charge is 0.131 e. The van der Waals surface area contributed by atoms with Crippen molar-refractivity contribution < 1.29 is 9.52 Å². The van der Waals surface area contributed by atoms with Gasteiger partial charge < -0.3 is 14.4 Å². The Hall–Kier alpha value is -1.22. The first kappa shape index (κ1) is 9.97. The number of nitrogens with zero attached hydrogens (tertiary/aromatic N) is 1. The highest BCUT2D eigenvalue weighted by atomic mass is 16.3. The highest BCUT2D eigenvalue weighted by Gasteiger charge is 2.35. The Morgan fingerprint density at radius 1 is 1.50 bits per heavy atom. The maximum atomic E-state index is 9.28. The van der Waals surface area contributed by atoms with Gasteiger partial charge in [0.15, 0.2) is 0 Å². The maximum Gasteiger partial charge on any atom is 0.131 e. The second-order valence-corrected chi connectivity index (χ2v) is 4.79. The van der Waals surface area contributed by atoms with E-state index in [-0.39, 0.29) is 6.61 Å². The molecular weight excluding hydrogens is 202 g/mol. The molecule has 3 nitrogen and oxygen atoms in total. The SMILES string of the molecule is Cc1ccc(C2=CN3CC[C@H]2C[C@@H]3CO)o1. The highest BCUT2D eigenvalue weighted by Crippen LogP contribution is 2.40. The molecule has 1 saturated heterocycles. The van der Waals surface area contributed by atoms with E-state index in [2.05, 4.69) is 17.2 Å². The van der Waals surface area contributed by atoms with Gasteiger partial charge in [0.2, 0.25) is 0 Å². The van der Waals surface area contributed by atoms with E-state index in [1.165, 1.54) is 12.0 Å². The van der Waals surface area contributed by atoms with Crippen LogP contribution in [0, 0.1) is 12.8 Å². The maximum absolute atomic E-state index is 9.28. The summed E-state index contributed by atoms with van der Waals surface area (Å²) in [5, 5.41) is 9.28. The molecular formula is C13H17NO2. The van der Waals surface area contributed by atoms with Crippen LogP contribution in [0.25, 0.3) is 5.57 Å². The van der Waals surface area contributed by atoms with Crippen molar-refractivity contribution in [1.82, 2.24) is 4.90 Å². The molecule has 2 atom stereocenters. The first-order valence-electron chi connectivity index (χ1n) is 5.93. The second-order valence-electron chi connectivity index (χ2n) is 4.79. The zero-order valence-electron chi connectivity index (χ0n) is 9.52. The molecule has 0 radical (unpaired) electrons. The summed E-state index contributed by atoms with van der Waals surface area (Å²) in [6, 6.07) is 4.38. The largest absolute Gasteiger partial charge is 0.462 e. The van der Waals surface area contributed by atoms with E-state index < -0.39 is 0 Å². The zero-order valence-corrected chi connectivity index (χ0v) is 9.52. The monoisotopic (exact) mass is 219 g/mol. The minimum Gasteiger partial charge on any atom is -0.462 e. The summed E-state index contributed by atoms with van der Waals surface area (Å²) in [6.07, 6.45) is 4.42. The Balaban J connectivity index is 1.93. The molecule has 0 spiro atoms. The number of hydrogen-bond acceptors (Lipinski definition) is 3. The average molecular weight is 219 g/mol. The van der Waals surface area contributed by atoms with E-state index in [1.807, 2.05) is 13.0 Å². The number of aliphatic hydroxyl groups is 1. The van der Waals surface area contributed by atoms with Gasteiger partial charge in [-0.05, 0) is 37.8 Å². The summed E-state index contributed by atoms with van der Waals surface area (Å²) < 4.78 is 5.69. The summed E-state index contributed by atoms with van der Waals surface area (Å²) in [4.78, 5) is 2.26. The van der Waals surface area contributed by atoms with Crippen LogP contribution in [0.3, 0.4) is 0 Å². The summed E-state index contributed by atoms with van der Waals surface area (Å²) in [5.74, 6) is 2.53. The van der Waals surface area contributed by atoms with Crippen LogP contribution in [0.2, 0.25) is 0 Å². The Bertz CT molecular complexity index is 421. The van der Waals surface area contributed by atoms with Crippen molar-refractivity contribution in [2.24, 2.45) is 5.92 Å². The van der Waals surface area contributed by atoms with Crippen LogP contribution in [0.1, 0.15) is 24.4 Å². The lowest BCUT2D eigenvalue weighted by Crippen LogP contribution is -2.45. The Morgan fingerprint density at radius 2 is 2.38 bits per heavy atom. The van der Waals surface area contributed by atoms with Gasteiger partial charge in [0.1, 0.15) is 11.5 Å². The fraction of sp³-hybridized carbons (Fsp3) is 0.538. The van der Waals surface area contributed by atoms with E-state index in [0.29, 0.717) is 12.0 Å². The molecule has 16 heavy (non-hydrogen) atoms. The molecule has 0 aliphatic carbocycles. The van der Waals surface area contributed by atoms with E-state index in [0.717, 1.165) is 24.5 Å². The van der Waals surface area contributed by atoms with Crippen molar-refractivity contribution in [3.63, 3.8) is 0 Å². The molecule has 0 amide bonds. The summed E-state index contributed by atoms with van der Waals surface area (Å²) in [6.45, 7) is 3.30. The normalized spacial score (nSPS) is 28.4. The van der Waals surface area contributed by atoms with Crippen molar-refractivity contribution in [2.45, 2.75) is 25.8 Å². The minimum absolute atomic E-state index is 0.261. The van der Waals surface area contributed by atoms with E-state index in [4.69, 9.17) is 4.42 Å². The molecule has 1 aromatic rings. The third-order valence-corrected chi connectivity index (χ3v) is 3.74. The molecule has 4 heterocycles. The number of furan rings is 1. The van der Waals surface area contributed by atoms with E-state index in [9.17, 15) is 5.11 Å². The van der Waals surface area contributed by atoms with Gasteiger partial charge in [-0.2, -0.15) is 0 Å². The van der Waals surface area contributed by atoms with Gasteiger partial charge >= 0.3 is 0 Å². The zero-order chi connectivity index (χ0) is 11.1. The van der Waals surface area contributed by atoms with Gasteiger partial charge in [-0.15, -0.1) is 0 Å². The number of aryl methyl sites for hydroxylation is 1. The van der Waals surface area contributed by atoms with E-state index >= 15 is 0 Å². The Kier molecular flexibility index (Phi) is 2.28. The minimum atomic E-state index is 0.261. The molecule has 3 heteroatoms. The predicted octanol–water partition coefficient (Wildman–Crippen LogP) is 2.02. The molecule has 0 saturated carbocycles. The molecule has 3 aliphatic rings. The molecule has 86 valence electrons. The molecule has 0 aromatic carbocycles. The predicted molar refractivity (Wildman–Crippen MR) is 61.7 cm³/mol. The molecule has 4 rings (SSSR count). The van der Waals surface area contributed by atoms with Gasteiger partial charge in [0, 0.05) is 18.3 Å². The molecule has 1 N–H and O–H groups in total. The van der Waals surface area contributed by atoms with Crippen LogP contribution in [-0.2, 0) is 0 Å². The number of rotatable bonds is 2. The van der Waals surface area contributed by atoms with Gasteiger partial charge in [-0.25, -0.2) is 0 Å². The number of aliphatic hydroxyl groups excluding tert-OH is 1. The summed E-state index contributed by atoms with van der Waals surface area (Å²) in [5.41, 5.74) is 1.31. The van der Waals surface area contributed by atoms with Crippen LogP contribution in [0.5, 0.6) is 0 Å². The van der Waals surface area contributed by atoms with Gasteiger partial charge in [0.25, 0.3) is 0 Å². The number of allylic oxidation sites excluding steroid dienone is 1. The standard InChI is InChI=1S/C13H17NO2/c1-9-2-3-13(16-9)12-7-14-5-4-10(12)6-11(14)8-15/h2-3,7,10-11,15H,4-6,8H2,1H3/t10-,11+/m0/s1. The molecule has 1 aromatic heterocycles. The summed E-state index contributed by atoms with van der Waals surface area (Å²) >= 11 is 0. The van der Waals surface area contributed by atoms with Gasteiger partial charge in [-0.1, -0.05) is 0 Å². The lowest BCUT2D eigenvalue weighted by atomic mass is 9.81.